The molecule has 0 bridgehead atoms. The molecule has 0 amide bonds. The molecule has 4 aromatic heterocycles. The highest BCUT2D eigenvalue weighted by atomic mass is 16.5. The van der Waals surface area contributed by atoms with E-state index in [9.17, 15) is 0 Å². The van der Waals surface area contributed by atoms with Gasteiger partial charge in [-0.05, 0) is 71.0 Å². The van der Waals surface area contributed by atoms with Crippen LogP contribution in [0.5, 0.6) is 11.5 Å². The number of ether oxygens (including phenoxy) is 1. The fraction of sp³-hybridized carbons (Fsp3) is 0.114. The summed E-state index contributed by atoms with van der Waals surface area (Å²) in [6, 6.07) is 33.5. The molecule has 0 unspecified atom stereocenters. The third-order valence-electron chi connectivity index (χ3n) is 7.92. The third-order valence-corrected chi connectivity index (χ3v) is 7.92. The lowest BCUT2D eigenvalue weighted by atomic mass is 9.88. The summed E-state index contributed by atoms with van der Waals surface area (Å²) in [7, 11) is 0. The van der Waals surface area contributed by atoms with E-state index in [1.165, 1.54) is 10.9 Å². The Bertz CT molecular complexity index is 2290. The number of hydrogen-bond donors (Lipinski definition) is 0. The molecule has 0 spiro atoms. The Kier molecular flexibility index (Phi) is 4.98. The monoisotopic (exact) mass is 533 g/mol. The van der Waals surface area contributed by atoms with Gasteiger partial charge in [-0.1, -0.05) is 57.2 Å². The van der Waals surface area contributed by atoms with Crippen molar-refractivity contribution in [1.82, 2.24) is 24.1 Å². The Morgan fingerprint density at radius 3 is 2.10 bits per heavy atom. The largest absolute Gasteiger partial charge is 0.457 e. The van der Waals surface area contributed by atoms with Crippen LogP contribution in [0, 0.1) is 0 Å². The number of pyridine rings is 2. The predicted molar refractivity (Wildman–Crippen MR) is 165 cm³/mol. The van der Waals surface area contributed by atoms with Gasteiger partial charge in [-0.3, -0.25) is 4.57 Å². The molecule has 0 atom stereocenters. The molecular weight excluding hydrogens is 506 g/mol. The number of aromatic nitrogens is 5. The summed E-state index contributed by atoms with van der Waals surface area (Å²) in [6.07, 6.45) is 3.51. The highest BCUT2D eigenvalue weighted by Crippen LogP contribution is 2.37. The van der Waals surface area contributed by atoms with Gasteiger partial charge in [0, 0.05) is 33.8 Å². The molecule has 0 N–H and O–H groups in total. The summed E-state index contributed by atoms with van der Waals surface area (Å²) >= 11 is 0. The van der Waals surface area contributed by atoms with Crippen molar-refractivity contribution in [3.63, 3.8) is 0 Å². The van der Waals surface area contributed by atoms with E-state index in [0.29, 0.717) is 0 Å². The third kappa shape index (κ3) is 3.68. The zero-order chi connectivity index (χ0) is 27.7. The maximum Gasteiger partial charge on any atom is 0.163 e. The van der Waals surface area contributed by atoms with Crippen molar-refractivity contribution in [1.29, 1.82) is 0 Å². The van der Waals surface area contributed by atoms with Crippen molar-refractivity contribution in [2.24, 2.45) is 0 Å². The van der Waals surface area contributed by atoms with Gasteiger partial charge < -0.3 is 4.74 Å². The second-order valence-corrected chi connectivity index (χ2v) is 11.5. The van der Waals surface area contributed by atoms with Gasteiger partial charge in [0.05, 0.1) is 16.6 Å². The molecular formula is C35H27N5O. The average Bonchev–Trinajstić information content (AvgIpc) is 3.60. The first-order valence-corrected chi connectivity index (χ1v) is 13.8. The first-order chi connectivity index (χ1) is 20.0. The second-order valence-electron chi connectivity index (χ2n) is 11.5. The number of benzene rings is 4. The van der Waals surface area contributed by atoms with Crippen molar-refractivity contribution in [2.75, 3.05) is 0 Å². The molecule has 6 nitrogen and oxygen atoms in total. The standard InChI is InChI=1S/C35H27N5O/c1-35(2,3)22-16-17-36-33(18-22)39-30-10-6-4-9-27(30)28-15-13-24(20-32(28)39)41-23-12-14-25-26-8-5-7-11-31(26)40-34(29(25)19-23)37-21-38-40/h4-21H,1-3H3. The van der Waals surface area contributed by atoms with Crippen molar-refractivity contribution in [3.8, 4) is 17.3 Å². The fourth-order valence-electron chi connectivity index (χ4n) is 5.90. The van der Waals surface area contributed by atoms with Crippen LogP contribution in [0.15, 0.2) is 110 Å². The van der Waals surface area contributed by atoms with Crippen molar-refractivity contribution < 1.29 is 4.74 Å². The zero-order valence-corrected chi connectivity index (χ0v) is 23.0. The van der Waals surface area contributed by atoms with E-state index in [-0.39, 0.29) is 5.41 Å². The van der Waals surface area contributed by atoms with E-state index < -0.39 is 0 Å². The van der Waals surface area contributed by atoms with Crippen molar-refractivity contribution in [2.45, 2.75) is 26.2 Å². The Balaban J connectivity index is 1.29. The molecule has 4 heterocycles. The van der Waals surface area contributed by atoms with Gasteiger partial charge in [-0.2, -0.15) is 5.10 Å². The lowest BCUT2D eigenvalue weighted by molar-refractivity contribution is 0.484. The van der Waals surface area contributed by atoms with Crippen molar-refractivity contribution >= 4 is 49.1 Å². The maximum absolute atomic E-state index is 6.51. The summed E-state index contributed by atoms with van der Waals surface area (Å²) in [5.74, 6) is 2.39. The molecule has 41 heavy (non-hydrogen) atoms. The number of fused-ring (bicyclic) bond motifs is 9. The second kappa shape index (κ2) is 8.63. The molecule has 8 aromatic rings. The normalized spacial score (nSPS) is 12.3. The number of hydrogen-bond acceptors (Lipinski definition) is 4. The summed E-state index contributed by atoms with van der Waals surface area (Å²) < 4.78 is 10.6. The van der Waals surface area contributed by atoms with Crippen LogP contribution in [0.3, 0.4) is 0 Å². The Morgan fingerprint density at radius 1 is 0.610 bits per heavy atom. The number of para-hydroxylation sites is 2. The van der Waals surface area contributed by atoms with Gasteiger partial charge in [0.15, 0.2) is 5.65 Å². The van der Waals surface area contributed by atoms with Gasteiger partial charge >= 0.3 is 0 Å². The van der Waals surface area contributed by atoms with Crippen LogP contribution in [0.4, 0.5) is 0 Å². The fourth-order valence-corrected chi connectivity index (χ4v) is 5.90. The molecule has 0 saturated heterocycles. The molecule has 0 saturated carbocycles. The topological polar surface area (TPSA) is 57.2 Å². The van der Waals surface area contributed by atoms with Crippen LogP contribution < -0.4 is 4.74 Å². The van der Waals surface area contributed by atoms with Crippen LogP contribution in [0.1, 0.15) is 26.3 Å². The summed E-state index contributed by atoms with van der Waals surface area (Å²) in [5.41, 5.74) is 5.26. The molecule has 0 aliphatic rings. The summed E-state index contributed by atoms with van der Waals surface area (Å²) in [4.78, 5) is 9.36. The molecule has 0 fully saturated rings. The van der Waals surface area contributed by atoms with E-state index in [1.54, 1.807) is 6.33 Å². The van der Waals surface area contributed by atoms with Crippen LogP contribution >= 0.6 is 0 Å². The minimum atomic E-state index is 0.0158. The minimum Gasteiger partial charge on any atom is -0.457 e. The molecule has 0 aliphatic heterocycles. The van der Waals surface area contributed by atoms with E-state index in [0.717, 1.165) is 61.1 Å². The molecule has 198 valence electrons. The number of rotatable bonds is 3. The van der Waals surface area contributed by atoms with E-state index in [4.69, 9.17) is 9.72 Å². The maximum atomic E-state index is 6.51. The average molecular weight is 534 g/mol. The quantitative estimate of drug-likeness (QED) is 0.213. The smallest absolute Gasteiger partial charge is 0.163 e. The highest BCUT2D eigenvalue weighted by molar-refractivity contribution is 6.12. The van der Waals surface area contributed by atoms with Crippen LogP contribution in [0.25, 0.3) is 54.9 Å². The van der Waals surface area contributed by atoms with Crippen LogP contribution in [0.2, 0.25) is 0 Å². The Labute approximate surface area is 236 Å². The molecule has 6 heteroatoms. The molecule has 4 aromatic carbocycles. The van der Waals surface area contributed by atoms with Crippen LogP contribution in [-0.4, -0.2) is 24.1 Å². The number of nitrogens with zero attached hydrogens (tertiary/aromatic N) is 5. The van der Waals surface area contributed by atoms with Gasteiger partial charge in [-0.15, -0.1) is 0 Å². The van der Waals surface area contributed by atoms with Crippen LogP contribution in [-0.2, 0) is 5.41 Å². The SMILES string of the molecule is CC(C)(C)c1ccnc(-n2c3ccccc3c3ccc(Oc4ccc5c6ccccc6n6ncnc6c5c4)cc32)c1. The summed E-state index contributed by atoms with van der Waals surface area (Å²) in [6.45, 7) is 6.68. The van der Waals surface area contributed by atoms with E-state index in [2.05, 4.69) is 114 Å². The van der Waals surface area contributed by atoms with Crippen molar-refractivity contribution in [3.05, 3.63) is 115 Å². The van der Waals surface area contributed by atoms with E-state index >= 15 is 0 Å². The summed E-state index contributed by atoms with van der Waals surface area (Å²) in [5, 5.41) is 10.1. The van der Waals surface area contributed by atoms with Gasteiger partial charge in [0.2, 0.25) is 0 Å². The molecule has 0 radical (unpaired) electrons. The van der Waals surface area contributed by atoms with E-state index in [1.807, 2.05) is 28.9 Å². The zero-order valence-electron chi connectivity index (χ0n) is 23.0. The van der Waals surface area contributed by atoms with Gasteiger partial charge in [0.25, 0.3) is 0 Å². The van der Waals surface area contributed by atoms with Gasteiger partial charge in [-0.25, -0.2) is 14.5 Å². The lowest BCUT2D eigenvalue weighted by Gasteiger charge is -2.20. The minimum absolute atomic E-state index is 0.0158. The Morgan fingerprint density at radius 2 is 1.29 bits per heavy atom. The first kappa shape index (κ1) is 23.6. The highest BCUT2D eigenvalue weighted by Gasteiger charge is 2.18. The molecule has 8 rings (SSSR count). The Hall–Kier alpha value is -5.23. The first-order valence-electron chi connectivity index (χ1n) is 13.8. The lowest BCUT2D eigenvalue weighted by Crippen LogP contribution is -2.12. The van der Waals surface area contributed by atoms with Gasteiger partial charge in [0.1, 0.15) is 23.6 Å². The molecule has 0 aliphatic carbocycles. The predicted octanol–water partition coefficient (Wildman–Crippen LogP) is 8.62.